The van der Waals surface area contributed by atoms with Crippen LogP contribution in [0.3, 0.4) is 0 Å². The molecule has 0 aromatic heterocycles. The molecule has 0 aliphatic heterocycles. The van der Waals surface area contributed by atoms with Crippen LogP contribution in [0.4, 0.5) is 5.69 Å². The number of ether oxygens (including phenoxy) is 2. The van der Waals surface area contributed by atoms with Crippen LogP contribution in [0.5, 0.6) is 11.5 Å². The lowest BCUT2D eigenvalue weighted by atomic mass is 10.1. The third kappa shape index (κ3) is 3.67. The van der Waals surface area contributed by atoms with E-state index in [4.69, 9.17) is 9.47 Å². The van der Waals surface area contributed by atoms with Crippen LogP contribution in [0.1, 0.15) is 17.3 Å². The second kappa shape index (κ2) is 7.70. The molecule has 0 aliphatic rings. The van der Waals surface area contributed by atoms with E-state index in [1.807, 2.05) is 42.5 Å². The van der Waals surface area contributed by atoms with Crippen molar-refractivity contribution in [3.63, 3.8) is 0 Å². The number of carbonyl (C=O) groups is 2. The Morgan fingerprint density at radius 3 is 2.62 bits per heavy atom. The number of aldehydes is 1. The van der Waals surface area contributed by atoms with Gasteiger partial charge in [0.05, 0.1) is 12.7 Å². The van der Waals surface area contributed by atoms with Gasteiger partial charge in [-0.2, -0.15) is 0 Å². The van der Waals surface area contributed by atoms with Gasteiger partial charge >= 0.3 is 0 Å². The smallest absolute Gasteiger partial charge is 0.265 e. The van der Waals surface area contributed by atoms with Gasteiger partial charge in [-0.05, 0) is 36.6 Å². The summed E-state index contributed by atoms with van der Waals surface area (Å²) in [6.45, 7) is 1.64. The first-order valence-electron chi connectivity index (χ1n) is 8.21. The van der Waals surface area contributed by atoms with Crippen molar-refractivity contribution in [3.05, 3.63) is 66.2 Å². The molecular weight excluding hydrogens is 330 g/mol. The van der Waals surface area contributed by atoms with Crippen molar-refractivity contribution in [2.24, 2.45) is 0 Å². The molecule has 1 N–H and O–H groups in total. The summed E-state index contributed by atoms with van der Waals surface area (Å²) in [4.78, 5) is 23.8. The highest BCUT2D eigenvalue weighted by atomic mass is 16.5. The second-order valence-electron chi connectivity index (χ2n) is 5.80. The average molecular weight is 349 g/mol. The number of fused-ring (bicyclic) bond motifs is 1. The lowest BCUT2D eigenvalue weighted by molar-refractivity contribution is -0.122. The highest BCUT2D eigenvalue weighted by Gasteiger charge is 2.17. The fourth-order valence-electron chi connectivity index (χ4n) is 2.67. The Balaban J connectivity index is 1.77. The van der Waals surface area contributed by atoms with Crippen molar-refractivity contribution in [2.75, 3.05) is 12.4 Å². The van der Waals surface area contributed by atoms with Crippen molar-refractivity contribution in [1.82, 2.24) is 0 Å². The maximum Gasteiger partial charge on any atom is 0.265 e. The van der Waals surface area contributed by atoms with E-state index >= 15 is 0 Å². The SMILES string of the molecule is COc1ccc(O[C@H](C)C(=O)Nc2cccc3ccccc23)c(C=O)c1. The summed E-state index contributed by atoms with van der Waals surface area (Å²) in [5.74, 6) is 0.586. The van der Waals surface area contributed by atoms with E-state index < -0.39 is 6.10 Å². The Morgan fingerprint density at radius 1 is 1.08 bits per heavy atom. The van der Waals surface area contributed by atoms with Gasteiger partial charge in [0.15, 0.2) is 12.4 Å². The normalized spacial score (nSPS) is 11.6. The van der Waals surface area contributed by atoms with Gasteiger partial charge in [0.2, 0.25) is 0 Å². The summed E-state index contributed by atoms with van der Waals surface area (Å²) in [6.07, 6.45) is -0.103. The molecule has 132 valence electrons. The molecule has 3 rings (SSSR count). The van der Waals surface area contributed by atoms with Crippen LogP contribution >= 0.6 is 0 Å². The lowest BCUT2D eigenvalue weighted by Crippen LogP contribution is -2.30. The quantitative estimate of drug-likeness (QED) is 0.682. The van der Waals surface area contributed by atoms with Gasteiger partial charge in [-0.1, -0.05) is 36.4 Å². The van der Waals surface area contributed by atoms with E-state index in [0.29, 0.717) is 29.0 Å². The van der Waals surface area contributed by atoms with E-state index in [0.717, 1.165) is 10.8 Å². The first kappa shape index (κ1) is 17.5. The van der Waals surface area contributed by atoms with Gasteiger partial charge < -0.3 is 14.8 Å². The first-order valence-corrected chi connectivity index (χ1v) is 8.21. The number of hydrogen-bond acceptors (Lipinski definition) is 4. The summed E-state index contributed by atoms with van der Waals surface area (Å²) in [6, 6.07) is 18.4. The van der Waals surface area contributed by atoms with Crippen molar-refractivity contribution >= 4 is 28.7 Å². The van der Waals surface area contributed by atoms with Crippen molar-refractivity contribution in [3.8, 4) is 11.5 Å². The van der Waals surface area contributed by atoms with Crippen LogP contribution in [0.25, 0.3) is 10.8 Å². The fraction of sp³-hybridized carbons (Fsp3) is 0.143. The van der Waals surface area contributed by atoms with E-state index in [9.17, 15) is 9.59 Å². The molecule has 0 saturated carbocycles. The zero-order valence-electron chi connectivity index (χ0n) is 14.6. The predicted molar refractivity (Wildman–Crippen MR) is 101 cm³/mol. The topological polar surface area (TPSA) is 64.6 Å². The number of rotatable bonds is 6. The second-order valence-corrected chi connectivity index (χ2v) is 5.80. The summed E-state index contributed by atoms with van der Waals surface area (Å²) in [7, 11) is 1.52. The van der Waals surface area contributed by atoms with Crippen molar-refractivity contribution < 1.29 is 19.1 Å². The summed E-state index contributed by atoms with van der Waals surface area (Å²) in [5.41, 5.74) is 1.04. The number of methoxy groups -OCH3 is 1. The Morgan fingerprint density at radius 2 is 1.85 bits per heavy atom. The number of anilines is 1. The molecule has 0 aliphatic carbocycles. The molecule has 0 heterocycles. The molecule has 3 aromatic carbocycles. The van der Waals surface area contributed by atoms with Crippen LogP contribution in [-0.2, 0) is 4.79 Å². The van der Waals surface area contributed by atoms with Gasteiger partial charge in [-0.3, -0.25) is 9.59 Å². The molecule has 0 bridgehead atoms. The predicted octanol–water partition coefficient (Wildman–Crippen LogP) is 4.07. The minimum atomic E-state index is -0.777. The minimum Gasteiger partial charge on any atom is -0.497 e. The molecule has 5 heteroatoms. The minimum absolute atomic E-state index is 0.297. The molecule has 5 nitrogen and oxygen atoms in total. The zero-order chi connectivity index (χ0) is 18.5. The molecule has 26 heavy (non-hydrogen) atoms. The van der Waals surface area contributed by atoms with E-state index in [-0.39, 0.29) is 5.91 Å². The summed E-state index contributed by atoms with van der Waals surface area (Å²) in [5, 5.41) is 4.88. The Labute approximate surface area is 151 Å². The Kier molecular flexibility index (Phi) is 5.17. The third-order valence-corrected chi connectivity index (χ3v) is 4.06. The van der Waals surface area contributed by atoms with E-state index in [1.54, 1.807) is 25.1 Å². The average Bonchev–Trinajstić information content (AvgIpc) is 2.68. The maximum atomic E-state index is 12.5. The molecule has 0 fully saturated rings. The van der Waals surface area contributed by atoms with Crippen LogP contribution in [0, 0.1) is 0 Å². The number of carbonyl (C=O) groups excluding carboxylic acids is 2. The summed E-state index contributed by atoms with van der Waals surface area (Å²) >= 11 is 0. The highest BCUT2D eigenvalue weighted by molar-refractivity contribution is 6.03. The molecule has 1 atom stereocenters. The van der Waals surface area contributed by atoms with Crippen molar-refractivity contribution in [2.45, 2.75) is 13.0 Å². The van der Waals surface area contributed by atoms with E-state index in [2.05, 4.69) is 5.32 Å². The van der Waals surface area contributed by atoms with Gasteiger partial charge in [-0.25, -0.2) is 0 Å². The fourth-order valence-corrected chi connectivity index (χ4v) is 2.67. The Hall–Kier alpha value is -3.34. The largest absolute Gasteiger partial charge is 0.497 e. The molecule has 3 aromatic rings. The van der Waals surface area contributed by atoms with E-state index in [1.165, 1.54) is 7.11 Å². The van der Waals surface area contributed by atoms with Crippen LogP contribution < -0.4 is 14.8 Å². The molecular formula is C21H19NO4. The van der Waals surface area contributed by atoms with Crippen LogP contribution in [-0.4, -0.2) is 25.4 Å². The molecule has 0 radical (unpaired) electrons. The van der Waals surface area contributed by atoms with Gasteiger partial charge in [0, 0.05) is 11.1 Å². The molecule has 0 saturated heterocycles. The monoisotopic (exact) mass is 349 g/mol. The van der Waals surface area contributed by atoms with Gasteiger partial charge in [-0.15, -0.1) is 0 Å². The molecule has 0 spiro atoms. The molecule has 0 unspecified atom stereocenters. The Bertz CT molecular complexity index is 946. The standard InChI is InChI=1S/C21H19NO4/c1-14(26-20-11-10-17(25-2)12-16(20)13-23)21(24)22-19-9-5-7-15-6-3-4-8-18(15)19/h3-14H,1-2H3,(H,22,24)/t14-/m1/s1. The number of amides is 1. The van der Waals surface area contributed by atoms with Crippen LogP contribution in [0.15, 0.2) is 60.7 Å². The number of benzene rings is 3. The van der Waals surface area contributed by atoms with Crippen molar-refractivity contribution in [1.29, 1.82) is 0 Å². The maximum absolute atomic E-state index is 12.5. The van der Waals surface area contributed by atoms with Crippen LogP contribution in [0.2, 0.25) is 0 Å². The third-order valence-electron chi connectivity index (χ3n) is 4.06. The highest BCUT2D eigenvalue weighted by Crippen LogP contribution is 2.25. The van der Waals surface area contributed by atoms with Gasteiger partial charge in [0.25, 0.3) is 5.91 Å². The molecule has 1 amide bonds. The first-order chi connectivity index (χ1) is 12.6. The summed E-state index contributed by atoms with van der Waals surface area (Å²) < 4.78 is 10.8. The number of hydrogen-bond donors (Lipinski definition) is 1. The lowest BCUT2D eigenvalue weighted by Gasteiger charge is -2.17. The zero-order valence-corrected chi connectivity index (χ0v) is 14.6. The number of nitrogens with one attached hydrogen (secondary N) is 1. The van der Waals surface area contributed by atoms with Gasteiger partial charge in [0.1, 0.15) is 11.5 Å².